The van der Waals surface area contributed by atoms with Gasteiger partial charge in [-0.15, -0.1) is 0 Å². The van der Waals surface area contributed by atoms with E-state index in [4.69, 9.17) is 9.84 Å². The molecule has 1 rings (SSSR count). The molecule has 1 unspecified atom stereocenters. The zero-order valence-corrected chi connectivity index (χ0v) is 11.3. The third kappa shape index (κ3) is 4.27. The second-order valence-corrected chi connectivity index (χ2v) is 4.33. The summed E-state index contributed by atoms with van der Waals surface area (Å²) in [5.41, 5.74) is 0.283. The highest BCUT2D eigenvalue weighted by molar-refractivity contribution is 5.92. The van der Waals surface area contributed by atoms with Crippen molar-refractivity contribution in [3.63, 3.8) is 0 Å². The summed E-state index contributed by atoms with van der Waals surface area (Å²) in [4.78, 5) is 22.4. The van der Waals surface area contributed by atoms with Crippen molar-refractivity contribution in [3.05, 3.63) is 11.8 Å². The number of ether oxygens (including phenoxy) is 1. The van der Waals surface area contributed by atoms with E-state index in [1.807, 2.05) is 0 Å². The van der Waals surface area contributed by atoms with Crippen LogP contribution in [0.3, 0.4) is 0 Å². The summed E-state index contributed by atoms with van der Waals surface area (Å²) in [6, 6.07) is 1.55. The smallest absolute Gasteiger partial charge is 0.306 e. The molecule has 1 heterocycles. The van der Waals surface area contributed by atoms with Gasteiger partial charge in [0.2, 0.25) is 5.88 Å². The van der Waals surface area contributed by atoms with Gasteiger partial charge in [0.15, 0.2) is 5.69 Å². The van der Waals surface area contributed by atoms with Gasteiger partial charge in [0.1, 0.15) is 0 Å². The van der Waals surface area contributed by atoms with E-state index in [-0.39, 0.29) is 11.6 Å². The van der Waals surface area contributed by atoms with Crippen LogP contribution in [0.15, 0.2) is 6.07 Å². The van der Waals surface area contributed by atoms with E-state index < -0.39 is 11.9 Å². The lowest BCUT2D eigenvalue weighted by Gasteiger charge is -2.06. The van der Waals surface area contributed by atoms with Gasteiger partial charge >= 0.3 is 5.97 Å². The molecule has 0 spiro atoms. The molecule has 7 nitrogen and oxygen atoms in total. The first kappa shape index (κ1) is 15.0. The minimum atomic E-state index is -0.819. The van der Waals surface area contributed by atoms with Gasteiger partial charge in [-0.2, -0.15) is 5.10 Å². The summed E-state index contributed by atoms with van der Waals surface area (Å²) in [5.74, 6) is -1.00. The third-order valence-electron chi connectivity index (χ3n) is 2.80. The maximum Gasteiger partial charge on any atom is 0.306 e. The first-order valence-electron chi connectivity index (χ1n) is 6.04. The zero-order valence-electron chi connectivity index (χ0n) is 11.3. The molecule has 0 aliphatic rings. The Morgan fingerprint density at radius 1 is 1.58 bits per heavy atom. The van der Waals surface area contributed by atoms with E-state index in [0.717, 1.165) is 0 Å². The van der Waals surface area contributed by atoms with Crippen LogP contribution < -0.4 is 10.1 Å². The molecule has 0 fully saturated rings. The van der Waals surface area contributed by atoms with Crippen molar-refractivity contribution in [2.75, 3.05) is 13.7 Å². The molecule has 19 heavy (non-hydrogen) atoms. The summed E-state index contributed by atoms with van der Waals surface area (Å²) >= 11 is 0. The highest BCUT2D eigenvalue weighted by Crippen LogP contribution is 2.11. The molecule has 106 valence electrons. The first-order chi connectivity index (χ1) is 8.95. The Morgan fingerprint density at radius 3 is 2.79 bits per heavy atom. The number of nitrogens with zero attached hydrogens (tertiary/aromatic N) is 2. The van der Waals surface area contributed by atoms with Crippen LogP contribution >= 0.6 is 0 Å². The second kappa shape index (κ2) is 6.77. The van der Waals surface area contributed by atoms with Crippen molar-refractivity contribution in [2.24, 2.45) is 13.0 Å². The van der Waals surface area contributed by atoms with E-state index in [9.17, 15) is 9.59 Å². The van der Waals surface area contributed by atoms with E-state index >= 15 is 0 Å². The van der Waals surface area contributed by atoms with Crippen LogP contribution in [0, 0.1) is 5.92 Å². The molecule has 2 N–H and O–H groups in total. The van der Waals surface area contributed by atoms with Crippen LogP contribution in [0.4, 0.5) is 0 Å². The number of hydrogen-bond donors (Lipinski definition) is 2. The Hall–Kier alpha value is -2.05. The van der Waals surface area contributed by atoms with Crippen molar-refractivity contribution in [3.8, 4) is 5.88 Å². The summed E-state index contributed by atoms with van der Waals surface area (Å²) in [6.07, 6.45) is 1.14. The molecule has 0 saturated carbocycles. The fourth-order valence-electron chi connectivity index (χ4n) is 1.58. The monoisotopic (exact) mass is 269 g/mol. The minimum absolute atomic E-state index is 0.283. The quantitative estimate of drug-likeness (QED) is 0.709. The molecule has 0 radical (unpaired) electrons. The molecule has 1 amide bonds. The fourth-order valence-corrected chi connectivity index (χ4v) is 1.58. The second-order valence-electron chi connectivity index (χ2n) is 4.33. The number of carbonyl (C=O) groups excluding carboxylic acids is 1. The average molecular weight is 269 g/mol. The predicted molar refractivity (Wildman–Crippen MR) is 68.1 cm³/mol. The molecular formula is C12H19N3O4. The van der Waals surface area contributed by atoms with E-state index in [0.29, 0.717) is 25.3 Å². The van der Waals surface area contributed by atoms with Gasteiger partial charge in [-0.25, -0.2) is 4.68 Å². The van der Waals surface area contributed by atoms with Gasteiger partial charge in [-0.3, -0.25) is 9.59 Å². The van der Waals surface area contributed by atoms with Crippen LogP contribution in [0.5, 0.6) is 5.88 Å². The number of carboxylic acid groups (broad SMARTS) is 1. The van der Waals surface area contributed by atoms with Gasteiger partial charge < -0.3 is 15.2 Å². The predicted octanol–water partition coefficient (Wildman–Crippen LogP) is 0.659. The van der Waals surface area contributed by atoms with Crippen LogP contribution in [-0.4, -0.2) is 40.4 Å². The Morgan fingerprint density at radius 2 is 2.26 bits per heavy atom. The topological polar surface area (TPSA) is 93.4 Å². The van der Waals surface area contributed by atoms with Crippen molar-refractivity contribution in [1.82, 2.24) is 15.1 Å². The molecule has 1 atom stereocenters. The number of nitrogens with one attached hydrogen (secondary N) is 1. The molecular weight excluding hydrogens is 250 g/mol. The van der Waals surface area contributed by atoms with Gasteiger partial charge in [0.25, 0.3) is 5.91 Å². The van der Waals surface area contributed by atoms with E-state index in [1.165, 1.54) is 11.8 Å². The molecule has 0 saturated heterocycles. The van der Waals surface area contributed by atoms with Crippen molar-refractivity contribution in [1.29, 1.82) is 0 Å². The molecule has 0 aromatic carbocycles. The maximum atomic E-state index is 11.7. The van der Waals surface area contributed by atoms with Crippen molar-refractivity contribution in [2.45, 2.75) is 19.8 Å². The number of aromatic nitrogens is 2. The van der Waals surface area contributed by atoms with Crippen LogP contribution in [0.2, 0.25) is 0 Å². The van der Waals surface area contributed by atoms with Crippen LogP contribution in [0.1, 0.15) is 30.3 Å². The number of carboxylic acids is 1. The lowest BCUT2D eigenvalue weighted by atomic mass is 10.1. The van der Waals surface area contributed by atoms with E-state index in [2.05, 4.69) is 10.4 Å². The maximum absolute atomic E-state index is 11.7. The minimum Gasteiger partial charge on any atom is -0.481 e. The lowest BCUT2D eigenvalue weighted by Crippen LogP contribution is -2.25. The number of hydrogen-bond acceptors (Lipinski definition) is 4. The number of amides is 1. The summed E-state index contributed by atoms with van der Waals surface area (Å²) in [5, 5.41) is 15.4. The number of methoxy groups -OCH3 is 1. The summed E-state index contributed by atoms with van der Waals surface area (Å²) in [6.45, 7) is 2.07. The van der Waals surface area contributed by atoms with Gasteiger partial charge in [0.05, 0.1) is 13.0 Å². The standard InChI is InChI=1S/C12H19N3O4/c1-8(12(17)18)5-4-6-13-11(16)9-7-10(19-3)15(2)14-9/h7-8H,4-6H2,1-3H3,(H,13,16)(H,17,18). The normalized spacial score (nSPS) is 11.9. The molecule has 0 bridgehead atoms. The van der Waals surface area contributed by atoms with Gasteiger partial charge in [-0.05, 0) is 12.8 Å². The fraction of sp³-hybridized carbons (Fsp3) is 0.583. The van der Waals surface area contributed by atoms with Crippen molar-refractivity contribution >= 4 is 11.9 Å². The Kier molecular flexibility index (Phi) is 5.35. The average Bonchev–Trinajstić information content (AvgIpc) is 2.75. The molecule has 7 heteroatoms. The zero-order chi connectivity index (χ0) is 14.4. The SMILES string of the molecule is COc1cc(C(=O)NCCCC(C)C(=O)O)nn1C. The number of carbonyl (C=O) groups is 2. The van der Waals surface area contributed by atoms with Gasteiger partial charge in [-0.1, -0.05) is 6.92 Å². The van der Waals surface area contributed by atoms with Gasteiger partial charge in [0, 0.05) is 19.7 Å². The Labute approximate surface area is 111 Å². The highest BCUT2D eigenvalue weighted by Gasteiger charge is 2.13. The Bertz CT molecular complexity index is 456. The van der Waals surface area contributed by atoms with Crippen LogP contribution in [-0.2, 0) is 11.8 Å². The van der Waals surface area contributed by atoms with Crippen molar-refractivity contribution < 1.29 is 19.4 Å². The van der Waals surface area contributed by atoms with E-state index in [1.54, 1.807) is 20.0 Å². The van der Waals surface area contributed by atoms with Crippen LogP contribution in [0.25, 0.3) is 0 Å². The summed E-state index contributed by atoms with van der Waals surface area (Å²) in [7, 11) is 3.19. The Balaban J connectivity index is 2.37. The molecule has 0 aliphatic heterocycles. The largest absolute Gasteiger partial charge is 0.481 e. The molecule has 1 aromatic rings. The number of aliphatic carboxylic acids is 1. The highest BCUT2D eigenvalue weighted by atomic mass is 16.5. The molecule has 0 aliphatic carbocycles. The third-order valence-corrected chi connectivity index (χ3v) is 2.80. The molecule has 1 aromatic heterocycles. The first-order valence-corrected chi connectivity index (χ1v) is 6.04. The lowest BCUT2D eigenvalue weighted by molar-refractivity contribution is -0.141. The number of rotatable bonds is 7. The summed E-state index contributed by atoms with van der Waals surface area (Å²) < 4.78 is 6.49. The number of aryl methyl sites for hydroxylation is 1.